The molecule has 4 nitrogen and oxygen atoms in total. The number of nitrogens with zero attached hydrogens (tertiary/aromatic N) is 2. The highest BCUT2D eigenvalue weighted by Gasteiger charge is 2.15. The van der Waals surface area contributed by atoms with Gasteiger partial charge in [0, 0.05) is 12.4 Å². The third kappa shape index (κ3) is 4.29. The summed E-state index contributed by atoms with van der Waals surface area (Å²) in [6.07, 6.45) is 3.78. The van der Waals surface area contributed by atoms with Crippen LogP contribution >= 0.6 is 0 Å². The maximum atomic E-state index is 13.0. The Morgan fingerprint density at radius 1 is 1.08 bits per heavy atom. The van der Waals surface area contributed by atoms with Crippen molar-refractivity contribution in [1.29, 1.82) is 0 Å². The smallest absolute Gasteiger partial charge is 0.224 e. The van der Waals surface area contributed by atoms with Gasteiger partial charge in [0.1, 0.15) is 5.82 Å². The van der Waals surface area contributed by atoms with Crippen LogP contribution in [0.4, 0.5) is 4.39 Å². The molecule has 1 aromatic heterocycles. The lowest BCUT2D eigenvalue weighted by atomic mass is 10.1. The van der Waals surface area contributed by atoms with Crippen LogP contribution in [0.25, 0.3) is 0 Å². The van der Waals surface area contributed by atoms with E-state index in [-0.39, 0.29) is 24.2 Å². The van der Waals surface area contributed by atoms with Crippen molar-refractivity contribution < 1.29 is 9.18 Å². The molecule has 0 aliphatic heterocycles. The fourth-order valence-electron chi connectivity index (χ4n) is 2.55. The molecule has 0 spiro atoms. The molecule has 1 heterocycles. The summed E-state index contributed by atoms with van der Waals surface area (Å²) in [5.74, 6) is -0.414. The van der Waals surface area contributed by atoms with Crippen LogP contribution in [0, 0.1) is 5.82 Å². The molecule has 3 rings (SSSR count). The Labute approximate surface area is 139 Å². The second kappa shape index (κ2) is 7.55. The highest BCUT2D eigenvalue weighted by Crippen LogP contribution is 2.15. The minimum Gasteiger partial charge on any atom is -0.347 e. The Balaban J connectivity index is 1.71. The third-order valence-corrected chi connectivity index (χ3v) is 3.74. The molecule has 122 valence electrons. The summed E-state index contributed by atoms with van der Waals surface area (Å²) in [6.45, 7) is 0.548. The summed E-state index contributed by atoms with van der Waals surface area (Å²) in [5.41, 5.74) is 1.79. The maximum Gasteiger partial charge on any atom is 0.224 e. The normalized spacial score (nSPS) is 11.9. The van der Waals surface area contributed by atoms with Crippen molar-refractivity contribution in [2.45, 2.75) is 19.0 Å². The van der Waals surface area contributed by atoms with Gasteiger partial charge in [-0.25, -0.2) is 4.39 Å². The Morgan fingerprint density at radius 3 is 2.50 bits per heavy atom. The number of amides is 1. The van der Waals surface area contributed by atoms with Crippen LogP contribution < -0.4 is 5.32 Å². The fraction of sp³-hybridized carbons (Fsp3) is 0.158. The molecule has 0 saturated carbocycles. The van der Waals surface area contributed by atoms with Crippen molar-refractivity contribution in [2.24, 2.45) is 0 Å². The average Bonchev–Trinajstić information content (AvgIpc) is 3.10. The molecule has 1 atom stereocenters. The van der Waals surface area contributed by atoms with E-state index in [9.17, 15) is 9.18 Å². The second-order valence-corrected chi connectivity index (χ2v) is 5.56. The third-order valence-electron chi connectivity index (χ3n) is 3.74. The fourth-order valence-corrected chi connectivity index (χ4v) is 2.55. The molecule has 0 saturated heterocycles. The predicted molar refractivity (Wildman–Crippen MR) is 89.7 cm³/mol. The van der Waals surface area contributed by atoms with E-state index in [1.165, 1.54) is 12.1 Å². The van der Waals surface area contributed by atoms with Gasteiger partial charge in [-0.2, -0.15) is 5.10 Å². The standard InChI is InChI=1S/C19H18FN3O/c20-17-9-7-15(8-10-17)13-19(24)22-18(14-23-12-4-11-21-23)16-5-2-1-3-6-16/h1-12,18H,13-14H2,(H,22,24)/t18-/m0/s1. The van der Waals surface area contributed by atoms with E-state index in [0.717, 1.165) is 11.1 Å². The summed E-state index contributed by atoms with van der Waals surface area (Å²) in [5, 5.41) is 7.25. The lowest BCUT2D eigenvalue weighted by Crippen LogP contribution is -2.32. The monoisotopic (exact) mass is 323 g/mol. The first-order chi connectivity index (χ1) is 11.7. The zero-order chi connectivity index (χ0) is 16.8. The van der Waals surface area contributed by atoms with Gasteiger partial charge in [-0.05, 0) is 29.3 Å². The molecule has 0 fully saturated rings. The number of rotatable bonds is 6. The molecule has 0 aliphatic rings. The van der Waals surface area contributed by atoms with Gasteiger partial charge in [0.15, 0.2) is 0 Å². The molecule has 2 aromatic carbocycles. The quantitative estimate of drug-likeness (QED) is 0.757. The number of hydrogen-bond donors (Lipinski definition) is 1. The highest BCUT2D eigenvalue weighted by molar-refractivity contribution is 5.79. The van der Waals surface area contributed by atoms with E-state index in [1.54, 1.807) is 23.0 Å². The van der Waals surface area contributed by atoms with Gasteiger partial charge in [-0.3, -0.25) is 9.48 Å². The van der Waals surface area contributed by atoms with Crippen molar-refractivity contribution in [3.63, 3.8) is 0 Å². The topological polar surface area (TPSA) is 46.9 Å². The van der Waals surface area contributed by atoms with Gasteiger partial charge >= 0.3 is 0 Å². The molecule has 1 amide bonds. The van der Waals surface area contributed by atoms with E-state index in [4.69, 9.17) is 0 Å². The largest absolute Gasteiger partial charge is 0.347 e. The highest BCUT2D eigenvalue weighted by atomic mass is 19.1. The number of nitrogens with one attached hydrogen (secondary N) is 1. The zero-order valence-electron chi connectivity index (χ0n) is 13.1. The molecule has 5 heteroatoms. The molecular weight excluding hydrogens is 305 g/mol. The lowest BCUT2D eigenvalue weighted by molar-refractivity contribution is -0.121. The molecular formula is C19H18FN3O. The van der Waals surface area contributed by atoms with Crippen LogP contribution in [0.15, 0.2) is 73.1 Å². The van der Waals surface area contributed by atoms with Crippen LogP contribution in [0.2, 0.25) is 0 Å². The van der Waals surface area contributed by atoms with Gasteiger partial charge in [0.25, 0.3) is 0 Å². The van der Waals surface area contributed by atoms with Gasteiger partial charge in [-0.1, -0.05) is 42.5 Å². The maximum absolute atomic E-state index is 13.0. The van der Waals surface area contributed by atoms with E-state index in [2.05, 4.69) is 10.4 Å². The van der Waals surface area contributed by atoms with Crippen molar-refractivity contribution in [2.75, 3.05) is 0 Å². The van der Waals surface area contributed by atoms with Crippen LogP contribution in [-0.4, -0.2) is 15.7 Å². The van der Waals surface area contributed by atoms with Crippen molar-refractivity contribution in [3.8, 4) is 0 Å². The number of carbonyl (C=O) groups excluding carboxylic acids is 1. The van der Waals surface area contributed by atoms with Crippen LogP contribution in [0.3, 0.4) is 0 Å². The summed E-state index contributed by atoms with van der Waals surface area (Å²) in [7, 11) is 0. The van der Waals surface area contributed by atoms with E-state index >= 15 is 0 Å². The molecule has 3 aromatic rings. The minimum atomic E-state index is -0.306. The summed E-state index contributed by atoms with van der Waals surface area (Å²) < 4.78 is 14.7. The Hall–Kier alpha value is -2.95. The molecule has 1 N–H and O–H groups in total. The number of halogens is 1. The van der Waals surface area contributed by atoms with Gasteiger partial charge < -0.3 is 5.32 Å². The molecule has 0 bridgehead atoms. The SMILES string of the molecule is O=C(Cc1ccc(F)cc1)N[C@@H](Cn1cccn1)c1ccccc1. The van der Waals surface area contributed by atoms with E-state index < -0.39 is 0 Å². The number of hydrogen-bond acceptors (Lipinski definition) is 2. The molecule has 0 aliphatic carbocycles. The van der Waals surface area contributed by atoms with Crippen LogP contribution in [-0.2, 0) is 17.8 Å². The number of aromatic nitrogens is 2. The van der Waals surface area contributed by atoms with E-state index in [0.29, 0.717) is 6.54 Å². The van der Waals surface area contributed by atoms with Crippen molar-refractivity contribution in [3.05, 3.63) is 90.0 Å². The summed E-state index contributed by atoms with van der Waals surface area (Å²) in [4.78, 5) is 12.4. The molecule has 0 radical (unpaired) electrons. The summed E-state index contributed by atoms with van der Waals surface area (Å²) in [6, 6.07) is 17.4. The second-order valence-electron chi connectivity index (χ2n) is 5.56. The zero-order valence-corrected chi connectivity index (χ0v) is 13.1. The number of carbonyl (C=O) groups is 1. The Bertz CT molecular complexity index is 770. The molecule has 24 heavy (non-hydrogen) atoms. The van der Waals surface area contributed by atoms with Crippen LogP contribution in [0.5, 0.6) is 0 Å². The average molecular weight is 323 g/mol. The Kier molecular flexibility index (Phi) is 5.01. The van der Waals surface area contributed by atoms with Crippen LogP contribution in [0.1, 0.15) is 17.2 Å². The van der Waals surface area contributed by atoms with Crippen molar-refractivity contribution >= 4 is 5.91 Å². The van der Waals surface area contributed by atoms with Gasteiger partial charge in [0.05, 0.1) is 19.0 Å². The van der Waals surface area contributed by atoms with Gasteiger partial charge in [-0.15, -0.1) is 0 Å². The van der Waals surface area contributed by atoms with E-state index in [1.807, 2.05) is 42.6 Å². The lowest BCUT2D eigenvalue weighted by Gasteiger charge is -2.19. The molecule has 0 unspecified atom stereocenters. The Morgan fingerprint density at radius 2 is 1.83 bits per heavy atom. The summed E-state index contributed by atoms with van der Waals surface area (Å²) >= 11 is 0. The van der Waals surface area contributed by atoms with Crippen molar-refractivity contribution in [1.82, 2.24) is 15.1 Å². The van der Waals surface area contributed by atoms with Gasteiger partial charge in [0.2, 0.25) is 5.91 Å². The first kappa shape index (κ1) is 15.9. The first-order valence-corrected chi connectivity index (χ1v) is 7.77. The minimum absolute atomic E-state index is 0.109. The predicted octanol–water partition coefficient (Wildman–Crippen LogP) is 3.12. The first-order valence-electron chi connectivity index (χ1n) is 7.77. The number of benzene rings is 2.